The molecule has 2 aromatic carbocycles. The lowest BCUT2D eigenvalue weighted by molar-refractivity contribution is 0.982. The number of halogens is 1. The van der Waals surface area contributed by atoms with Crippen molar-refractivity contribution in [1.82, 2.24) is 15.2 Å². The second-order valence-electron chi connectivity index (χ2n) is 5.76. The van der Waals surface area contributed by atoms with Gasteiger partial charge in [0.25, 0.3) is 0 Å². The zero-order chi connectivity index (χ0) is 17.1. The highest BCUT2D eigenvalue weighted by molar-refractivity contribution is 9.10. The van der Waals surface area contributed by atoms with Gasteiger partial charge in [-0.3, -0.25) is 0 Å². The van der Waals surface area contributed by atoms with Crippen LogP contribution in [0.25, 0.3) is 0 Å². The Morgan fingerprint density at radius 1 is 0.875 bits per heavy atom. The smallest absolute Gasteiger partial charge is 0.249 e. The molecule has 122 valence electrons. The zero-order valence-corrected chi connectivity index (χ0v) is 15.3. The van der Waals surface area contributed by atoms with Crippen LogP contribution in [0.2, 0.25) is 0 Å². The molecule has 0 fully saturated rings. The Morgan fingerprint density at radius 2 is 1.62 bits per heavy atom. The SMILES string of the molecule is Cc1cc(C)cc(Nc2nncc(Nc3ccc(C)c(Br)c3)n2)c1. The second-order valence-corrected chi connectivity index (χ2v) is 6.61. The lowest BCUT2D eigenvalue weighted by atomic mass is 10.1. The van der Waals surface area contributed by atoms with Gasteiger partial charge in [-0.25, -0.2) is 0 Å². The fourth-order valence-corrected chi connectivity index (χ4v) is 2.79. The zero-order valence-electron chi connectivity index (χ0n) is 13.8. The van der Waals surface area contributed by atoms with Crippen molar-refractivity contribution in [1.29, 1.82) is 0 Å². The number of rotatable bonds is 4. The fraction of sp³-hybridized carbons (Fsp3) is 0.167. The fourth-order valence-electron chi connectivity index (χ4n) is 2.41. The predicted octanol–water partition coefficient (Wildman–Crippen LogP) is 5.05. The molecule has 5 nitrogen and oxygen atoms in total. The average molecular weight is 384 g/mol. The normalized spacial score (nSPS) is 10.5. The van der Waals surface area contributed by atoms with E-state index in [1.807, 2.05) is 37.3 Å². The third-order valence-electron chi connectivity index (χ3n) is 3.48. The van der Waals surface area contributed by atoms with Crippen LogP contribution in [-0.4, -0.2) is 15.2 Å². The number of hydrogen-bond acceptors (Lipinski definition) is 5. The predicted molar refractivity (Wildman–Crippen MR) is 101 cm³/mol. The molecule has 2 N–H and O–H groups in total. The highest BCUT2D eigenvalue weighted by atomic mass is 79.9. The molecular weight excluding hydrogens is 366 g/mol. The number of benzene rings is 2. The van der Waals surface area contributed by atoms with Crippen LogP contribution >= 0.6 is 15.9 Å². The summed E-state index contributed by atoms with van der Waals surface area (Å²) in [5.74, 6) is 1.09. The monoisotopic (exact) mass is 383 g/mol. The summed E-state index contributed by atoms with van der Waals surface area (Å²) in [6, 6.07) is 12.3. The first-order chi connectivity index (χ1) is 11.5. The first-order valence-electron chi connectivity index (χ1n) is 7.58. The van der Waals surface area contributed by atoms with Crippen molar-refractivity contribution in [2.24, 2.45) is 0 Å². The molecule has 0 bridgehead atoms. The summed E-state index contributed by atoms with van der Waals surface area (Å²) in [4.78, 5) is 4.46. The van der Waals surface area contributed by atoms with Gasteiger partial charge in [-0.2, -0.15) is 10.1 Å². The van der Waals surface area contributed by atoms with Crippen molar-refractivity contribution < 1.29 is 0 Å². The highest BCUT2D eigenvalue weighted by Crippen LogP contribution is 2.23. The van der Waals surface area contributed by atoms with E-state index in [0.29, 0.717) is 11.8 Å². The summed E-state index contributed by atoms with van der Waals surface area (Å²) in [5.41, 5.74) is 5.43. The molecule has 1 heterocycles. The summed E-state index contributed by atoms with van der Waals surface area (Å²) in [7, 11) is 0. The van der Waals surface area contributed by atoms with Gasteiger partial charge in [0.15, 0.2) is 5.82 Å². The molecule has 3 aromatic rings. The van der Waals surface area contributed by atoms with Gasteiger partial charge < -0.3 is 10.6 Å². The Hall–Kier alpha value is -2.47. The van der Waals surface area contributed by atoms with E-state index in [-0.39, 0.29) is 0 Å². The summed E-state index contributed by atoms with van der Waals surface area (Å²) in [6.45, 7) is 6.17. The van der Waals surface area contributed by atoms with Gasteiger partial charge in [-0.15, -0.1) is 5.10 Å². The van der Waals surface area contributed by atoms with Crippen LogP contribution in [0.1, 0.15) is 16.7 Å². The van der Waals surface area contributed by atoms with Gasteiger partial charge in [0.1, 0.15) is 0 Å². The molecule has 3 rings (SSSR count). The van der Waals surface area contributed by atoms with E-state index in [1.54, 1.807) is 6.20 Å². The number of nitrogens with one attached hydrogen (secondary N) is 2. The molecule has 0 atom stereocenters. The van der Waals surface area contributed by atoms with Gasteiger partial charge in [-0.05, 0) is 61.7 Å². The molecule has 1 aromatic heterocycles. The Bertz CT molecular complexity index is 859. The molecule has 6 heteroatoms. The summed E-state index contributed by atoms with van der Waals surface area (Å²) in [6.07, 6.45) is 1.60. The average Bonchev–Trinajstić information content (AvgIpc) is 2.50. The van der Waals surface area contributed by atoms with Crippen LogP contribution in [0.15, 0.2) is 47.1 Å². The van der Waals surface area contributed by atoms with Gasteiger partial charge >= 0.3 is 0 Å². The molecule has 0 unspecified atom stereocenters. The molecule has 0 aliphatic heterocycles. The number of hydrogen-bond donors (Lipinski definition) is 2. The lowest BCUT2D eigenvalue weighted by Crippen LogP contribution is -2.02. The van der Waals surface area contributed by atoms with Crippen molar-refractivity contribution >= 4 is 39.1 Å². The highest BCUT2D eigenvalue weighted by Gasteiger charge is 2.04. The molecule has 0 aliphatic carbocycles. The van der Waals surface area contributed by atoms with Crippen LogP contribution < -0.4 is 10.6 Å². The second kappa shape index (κ2) is 6.97. The third kappa shape index (κ3) is 4.08. The topological polar surface area (TPSA) is 62.7 Å². The summed E-state index contributed by atoms with van der Waals surface area (Å²) < 4.78 is 1.04. The van der Waals surface area contributed by atoms with Crippen LogP contribution in [-0.2, 0) is 0 Å². The van der Waals surface area contributed by atoms with Crippen LogP contribution in [0.4, 0.5) is 23.1 Å². The van der Waals surface area contributed by atoms with E-state index in [1.165, 1.54) is 16.7 Å². The van der Waals surface area contributed by atoms with E-state index in [9.17, 15) is 0 Å². The van der Waals surface area contributed by atoms with Crippen molar-refractivity contribution in [2.75, 3.05) is 10.6 Å². The molecule has 0 spiro atoms. The summed E-state index contributed by atoms with van der Waals surface area (Å²) in [5, 5.41) is 14.5. The number of aromatic nitrogens is 3. The van der Waals surface area contributed by atoms with Crippen molar-refractivity contribution in [3.8, 4) is 0 Å². The van der Waals surface area contributed by atoms with Gasteiger partial charge in [-0.1, -0.05) is 28.1 Å². The molecular formula is C18H18BrN5. The Balaban J connectivity index is 1.79. The minimum Gasteiger partial charge on any atom is -0.339 e. The Labute approximate surface area is 149 Å². The van der Waals surface area contributed by atoms with Gasteiger partial charge in [0, 0.05) is 15.8 Å². The van der Waals surface area contributed by atoms with Crippen molar-refractivity contribution in [3.05, 3.63) is 63.8 Å². The van der Waals surface area contributed by atoms with Crippen molar-refractivity contribution in [2.45, 2.75) is 20.8 Å². The maximum absolute atomic E-state index is 4.46. The van der Waals surface area contributed by atoms with Crippen LogP contribution in [0, 0.1) is 20.8 Å². The molecule has 0 radical (unpaired) electrons. The number of nitrogens with zero attached hydrogens (tertiary/aromatic N) is 3. The Kier molecular flexibility index (Phi) is 4.76. The molecule has 0 amide bonds. The van der Waals surface area contributed by atoms with E-state index in [2.05, 4.69) is 61.7 Å². The van der Waals surface area contributed by atoms with E-state index >= 15 is 0 Å². The number of aryl methyl sites for hydroxylation is 3. The van der Waals surface area contributed by atoms with Gasteiger partial charge in [0.2, 0.25) is 5.95 Å². The maximum atomic E-state index is 4.46. The van der Waals surface area contributed by atoms with Gasteiger partial charge in [0.05, 0.1) is 6.20 Å². The van der Waals surface area contributed by atoms with Crippen LogP contribution in [0.3, 0.4) is 0 Å². The van der Waals surface area contributed by atoms with E-state index in [0.717, 1.165) is 15.8 Å². The molecule has 0 saturated carbocycles. The Morgan fingerprint density at radius 3 is 2.33 bits per heavy atom. The van der Waals surface area contributed by atoms with Crippen LogP contribution in [0.5, 0.6) is 0 Å². The van der Waals surface area contributed by atoms with E-state index in [4.69, 9.17) is 0 Å². The van der Waals surface area contributed by atoms with Crippen molar-refractivity contribution in [3.63, 3.8) is 0 Å². The standard InChI is InChI=1S/C18H18BrN5/c1-11-6-12(2)8-15(7-11)22-18-23-17(10-20-24-18)21-14-5-4-13(3)16(19)9-14/h4-10H,1-3H3,(H2,21,22,23,24). The minimum atomic E-state index is 0.455. The molecule has 24 heavy (non-hydrogen) atoms. The first-order valence-corrected chi connectivity index (χ1v) is 8.37. The lowest BCUT2D eigenvalue weighted by Gasteiger charge is -2.09. The maximum Gasteiger partial charge on any atom is 0.249 e. The largest absolute Gasteiger partial charge is 0.339 e. The first kappa shape index (κ1) is 16.4. The number of anilines is 4. The molecule has 0 saturated heterocycles. The third-order valence-corrected chi connectivity index (χ3v) is 4.34. The quantitative estimate of drug-likeness (QED) is 0.659. The summed E-state index contributed by atoms with van der Waals surface area (Å²) >= 11 is 3.53. The molecule has 0 aliphatic rings. The minimum absolute atomic E-state index is 0.455. The van der Waals surface area contributed by atoms with E-state index < -0.39 is 0 Å².